The molecule has 0 radical (unpaired) electrons. The Morgan fingerprint density at radius 3 is 2.84 bits per heavy atom. The SMILES string of the molecule is CC(C)CCc1nc2cc(C#N)ccc2n1C1CC1. The molecule has 2 aromatic rings. The van der Waals surface area contributed by atoms with Gasteiger partial charge in [0, 0.05) is 12.5 Å². The molecule has 0 aliphatic heterocycles. The predicted molar refractivity (Wildman–Crippen MR) is 75.9 cm³/mol. The molecule has 19 heavy (non-hydrogen) atoms. The highest BCUT2D eigenvalue weighted by Gasteiger charge is 2.28. The van der Waals surface area contributed by atoms with E-state index in [1.54, 1.807) is 0 Å². The molecule has 0 amide bonds. The van der Waals surface area contributed by atoms with Crippen LogP contribution in [0.2, 0.25) is 0 Å². The first-order valence-electron chi connectivity index (χ1n) is 7.10. The highest BCUT2D eigenvalue weighted by Crippen LogP contribution is 2.39. The van der Waals surface area contributed by atoms with Gasteiger partial charge in [0.1, 0.15) is 5.82 Å². The first-order chi connectivity index (χ1) is 9.19. The molecule has 3 rings (SSSR count). The number of aryl methyl sites for hydroxylation is 1. The average molecular weight is 253 g/mol. The van der Waals surface area contributed by atoms with Crippen molar-refractivity contribution in [2.75, 3.05) is 0 Å². The smallest absolute Gasteiger partial charge is 0.110 e. The summed E-state index contributed by atoms with van der Waals surface area (Å²) >= 11 is 0. The van der Waals surface area contributed by atoms with Crippen LogP contribution in [-0.2, 0) is 6.42 Å². The fourth-order valence-electron chi connectivity index (χ4n) is 2.55. The third-order valence-electron chi connectivity index (χ3n) is 3.75. The number of benzene rings is 1. The van der Waals surface area contributed by atoms with Crippen molar-refractivity contribution >= 4 is 11.0 Å². The van der Waals surface area contributed by atoms with Crippen LogP contribution in [0.4, 0.5) is 0 Å². The molecule has 1 aliphatic rings. The third kappa shape index (κ3) is 2.35. The molecule has 1 aromatic heterocycles. The zero-order chi connectivity index (χ0) is 13.4. The van der Waals surface area contributed by atoms with Crippen LogP contribution in [0.25, 0.3) is 11.0 Å². The van der Waals surface area contributed by atoms with Crippen molar-refractivity contribution in [1.82, 2.24) is 9.55 Å². The summed E-state index contributed by atoms with van der Waals surface area (Å²) in [4.78, 5) is 4.77. The highest BCUT2D eigenvalue weighted by atomic mass is 15.1. The molecule has 1 aromatic carbocycles. The summed E-state index contributed by atoms with van der Waals surface area (Å²) in [5.74, 6) is 1.89. The van der Waals surface area contributed by atoms with Crippen molar-refractivity contribution in [3.8, 4) is 6.07 Å². The lowest BCUT2D eigenvalue weighted by atomic mass is 10.1. The van der Waals surface area contributed by atoms with Gasteiger partial charge >= 0.3 is 0 Å². The van der Waals surface area contributed by atoms with Crippen LogP contribution in [0, 0.1) is 17.2 Å². The number of rotatable bonds is 4. The fourth-order valence-corrected chi connectivity index (χ4v) is 2.55. The van der Waals surface area contributed by atoms with Crippen LogP contribution >= 0.6 is 0 Å². The van der Waals surface area contributed by atoms with Gasteiger partial charge in [0.2, 0.25) is 0 Å². The van der Waals surface area contributed by atoms with Crippen LogP contribution < -0.4 is 0 Å². The Morgan fingerprint density at radius 2 is 2.21 bits per heavy atom. The van der Waals surface area contributed by atoms with E-state index < -0.39 is 0 Å². The van der Waals surface area contributed by atoms with Gasteiger partial charge < -0.3 is 4.57 Å². The molecule has 3 nitrogen and oxygen atoms in total. The molecular weight excluding hydrogens is 234 g/mol. The Balaban J connectivity index is 2.04. The summed E-state index contributed by atoms with van der Waals surface area (Å²) in [6.45, 7) is 4.50. The van der Waals surface area contributed by atoms with E-state index in [0.29, 0.717) is 17.5 Å². The Bertz CT molecular complexity index is 642. The molecule has 0 bridgehead atoms. The second kappa shape index (κ2) is 4.70. The molecule has 1 aliphatic carbocycles. The Labute approximate surface area is 113 Å². The lowest BCUT2D eigenvalue weighted by molar-refractivity contribution is 0.558. The first kappa shape index (κ1) is 12.2. The molecule has 0 unspecified atom stereocenters. The van der Waals surface area contributed by atoms with E-state index in [4.69, 9.17) is 10.2 Å². The van der Waals surface area contributed by atoms with E-state index in [-0.39, 0.29) is 0 Å². The summed E-state index contributed by atoms with van der Waals surface area (Å²) in [6, 6.07) is 8.69. The van der Waals surface area contributed by atoms with Crippen molar-refractivity contribution in [1.29, 1.82) is 5.26 Å². The molecular formula is C16H19N3. The molecule has 1 fully saturated rings. The normalized spacial score (nSPS) is 15.1. The van der Waals surface area contributed by atoms with E-state index in [1.165, 1.54) is 30.6 Å². The average Bonchev–Trinajstić information content (AvgIpc) is 3.16. The largest absolute Gasteiger partial charge is 0.325 e. The van der Waals surface area contributed by atoms with E-state index in [0.717, 1.165) is 11.9 Å². The maximum atomic E-state index is 8.99. The maximum Gasteiger partial charge on any atom is 0.110 e. The lowest BCUT2D eigenvalue weighted by Crippen LogP contribution is -2.03. The molecule has 0 atom stereocenters. The molecule has 0 spiro atoms. The maximum absolute atomic E-state index is 8.99. The van der Waals surface area contributed by atoms with Gasteiger partial charge in [-0.1, -0.05) is 13.8 Å². The quantitative estimate of drug-likeness (QED) is 0.831. The van der Waals surface area contributed by atoms with Crippen LogP contribution in [0.5, 0.6) is 0 Å². The topological polar surface area (TPSA) is 41.6 Å². The molecule has 98 valence electrons. The van der Waals surface area contributed by atoms with E-state index in [9.17, 15) is 0 Å². The van der Waals surface area contributed by atoms with Crippen LogP contribution in [0.15, 0.2) is 18.2 Å². The third-order valence-corrected chi connectivity index (χ3v) is 3.75. The fraction of sp³-hybridized carbons (Fsp3) is 0.500. The Morgan fingerprint density at radius 1 is 1.42 bits per heavy atom. The van der Waals surface area contributed by atoms with Crippen molar-refractivity contribution in [2.45, 2.75) is 45.6 Å². The van der Waals surface area contributed by atoms with Gasteiger partial charge in [-0.05, 0) is 43.4 Å². The van der Waals surface area contributed by atoms with Crippen LogP contribution in [0.1, 0.15) is 50.5 Å². The van der Waals surface area contributed by atoms with Crippen molar-refractivity contribution in [3.63, 3.8) is 0 Å². The summed E-state index contributed by atoms with van der Waals surface area (Å²) in [5.41, 5.74) is 2.87. The minimum absolute atomic E-state index is 0.639. The number of aromatic nitrogens is 2. The van der Waals surface area contributed by atoms with Crippen molar-refractivity contribution in [3.05, 3.63) is 29.6 Å². The summed E-state index contributed by atoms with van der Waals surface area (Å²) in [6.07, 6.45) is 4.73. The second-order valence-corrected chi connectivity index (χ2v) is 5.88. The molecule has 3 heteroatoms. The van der Waals surface area contributed by atoms with E-state index in [1.807, 2.05) is 12.1 Å². The Hall–Kier alpha value is -1.82. The monoisotopic (exact) mass is 253 g/mol. The zero-order valence-electron chi connectivity index (χ0n) is 11.6. The predicted octanol–water partition coefficient (Wildman–Crippen LogP) is 3.83. The van der Waals surface area contributed by atoms with Crippen LogP contribution in [-0.4, -0.2) is 9.55 Å². The first-order valence-corrected chi connectivity index (χ1v) is 7.10. The van der Waals surface area contributed by atoms with Gasteiger partial charge in [-0.2, -0.15) is 5.26 Å². The van der Waals surface area contributed by atoms with E-state index in [2.05, 4.69) is 30.6 Å². The van der Waals surface area contributed by atoms with Gasteiger partial charge in [-0.15, -0.1) is 0 Å². The standard InChI is InChI=1S/C16H19N3/c1-11(2)3-8-16-18-14-9-12(10-17)4-7-15(14)19(16)13-5-6-13/h4,7,9,11,13H,3,5-6,8H2,1-2H3. The highest BCUT2D eigenvalue weighted by molar-refractivity contribution is 5.78. The Kier molecular flexibility index (Phi) is 3.02. The van der Waals surface area contributed by atoms with Crippen molar-refractivity contribution in [2.24, 2.45) is 5.92 Å². The van der Waals surface area contributed by atoms with Gasteiger partial charge in [0.05, 0.1) is 22.7 Å². The van der Waals surface area contributed by atoms with Gasteiger partial charge in [0.15, 0.2) is 0 Å². The number of fused-ring (bicyclic) bond motifs is 1. The molecule has 1 saturated carbocycles. The van der Waals surface area contributed by atoms with E-state index >= 15 is 0 Å². The summed E-state index contributed by atoms with van der Waals surface area (Å²) in [5, 5.41) is 8.99. The second-order valence-electron chi connectivity index (χ2n) is 5.88. The minimum Gasteiger partial charge on any atom is -0.325 e. The number of imidazole rings is 1. The summed E-state index contributed by atoms with van der Waals surface area (Å²) in [7, 11) is 0. The van der Waals surface area contributed by atoms with Gasteiger partial charge in [-0.3, -0.25) is 0 Å². The zero-order valence-corrected chi connectivity index (χ0v) is 11.6. The van der Waals surface area contributed by atoms with Gasteiger partial charge in [-0.25, -0.2) is 4.98 Å². The number of hydrogen-bond donors (Lipinski definition) is 0. The number of nitriles is 1. The van der Waals surface area contributed by atoms with Crippen LogP contribution in [0.3, 0.4) is 0 Å². The molecule has 0 saturated heterocycles. The molecule has 1 heterocycles. The van der Waals surface area contributed by atoms with Gasteiger partial charge in [0.25, 0.3) is 0 Å². The lowest BCUT2D eigenvalue weighted by Gasteiger charge is -2.08. The number of hydrogen-bond acceptors (Lipinski definition) is 2. The number of nitrogens with zero attached hydrogens (tertiary/aromatic N) is 3. The minimum atomic E-state index is 0.639. The van der Waals surface area contributed by atoms with Crippen molar-refractivity contribution < 1.29 is 0 Å². The summed E-state index contributed by atoms with van der Waals surface area (Å²) < 4.78 is 2.40. The molecule has 0 N–H and O–H groups in total.